The third-order valence-electron chi connectivity index (χ3n) is 17.8. The topological polar surface area (TPSA) is 170 Å². The standard InChI is InChI=1S/C85H75N5O8/c1-7-9-11-13-15-19-49-85(50-20-16-14-12-10-8-2)75-22-18-17-21-71(75)72-48-47-70(57-76(72)85)90(68-43-31-58(32-44-68)51-73(64-35-23-60(24-36-64)53-77(86-3)81(91)92)65-37-25-61(26-38-65)54-78(87-4)82(93)94)69-45-33-59(34-46-69)52-74(66-39-27-62(28-40-66)55-79(88-5)83(95)96)67-41-29-63(30-42-67)56-80(89-6)84(97)98/h17-18,21-48,51-57H,7-16,19-20,49-50H2,1-2H3,(H,91,92)(H,93,94)(H,95,96)(H,97,98)/b77-53-,78-54-,79-55-,80-56-. The molecule has 8 aromatic carbocycles. The summed E-state index contributed by atoms with van der Waals surface area (Å²) in [5.41, 5.74) is 14.7. The molecule has 0 aliphatic heterocycles. The Morgan fingerprint density at radius 1 is 0.347 bits per heavy atom. The van der Waals surface area contributed by atoms with E-state index in [0.717, 1.165) is 87.3 Å². The lowest BCUT2D eigenvalue weighted by atomic mass is 9.70. The van der Waals surface area contributed by atoms with Crippen LogP contribution in [0.15, 0.2) is 211 Å². The fourth-order valence-corrected chi connectivity index (χ4v) is 12.8. The normalized spacial score (nSPS) is 12.3. The van der Waals surface area contributed by atoms with E-state index < -0.39 is 46.7 Å². The molecule has 0 fully saturated rings. The molecule has 0 saturated carbocycles. The number of nitrogens with zero attached hydrogens (tertiary/aromatic N) is 5. The van der Waals surface area contributed by atoms with E-state index in [1.54, 1.807) is 48.5 Å². The Kier molecular flexibility index (Phi) is 24.2. The van der Waals surface area contributed by atoms with Gasteiger partial charge in [-0.25, -0.2) is 19.4 Å². The molecule has 0 aromatic heterocycles. The van der Waals surface area contributed by atoms with Crippen LogP contribution in [0.5, 0.6) is 0 Å². The van der Waals surface area contributed by atoms with Gasteiger partial charge in [0.25, 0.3) is 22.8 Å². The van der Waals surface area contributed by atoms with Crippen molar-refractivity contribution in [2.45, 2.75) is 109 Å². The Bertz CT molecular complexity index is 4180. The quantitative estimate of drug-likeness (QED) is 0.0143. The van der Waals surface area contributed by atoms with Gasteiger partial charge >= 0.3 is 23.9 Å². The summed E-state index contributed by atoms with van der Waals surface area (Å²) in [5, 5.41) is 38.4. The Balaban J connectivity index is 1.19. The second-order valence-electron chi connectivity index (χ2n) is 24.3. The summed E-state index contributed by atoms with van der Waals surface area (Å²) in [6.07, 6.45) is 25.8. The van der Waals surface area contributed by atoms with Gasteiger partial charge in [-0.1, -0.05) is 243 Å². The van der Waals surface area contributed by atoms with Crippen molar-refractivity contribution in [3.8, 4) is 11.1 Å². The molecule has 0 unspecified atom stereocenters. The van der Waals surface area contributed by atoms with Crippen LogP contribution in [0.4, 0.5) is 17.1 Å². The van der Waals surface area contributed by atoms with Crippen LogP contribution in [-0.2, 0) is 24.6 Å². The predicted octanol–water partition coefficient (Wildman–Crippen LogP) is 21.5. The molecule has 1 aliphatic rings. The number of carbonyl (C=O) groups is 4. The first kappa shape index (κ1) is 70.2. The van der Waals surface area contributed by atoms with Crippen LogP contribution in [0.1, 0.15) is 171 Å². The van der Waals surface area contributed by atoms with Gasteiger partial charge in [0.2, 0.25) is 0 Å². The minimum Gasteiger partial charge on any atom is -0.486 e. The molecule has 0 spiro atoms. The number of aliphatic carboxylic acids is 4. The van der Waals surface area contributed by atoms with E-state index in [4.69, 9.17) is 26.3 Å². The van der Waals surface area contributed by atoms with Crippen molar-refractivity contribution < 1.29 is 39.6 Å². The maximum Gasteiger partial charge on any atom is 0.333 e. The zero-order valence-corrected chi connectivity index (χ0v) is 54.9. The van der Waals surface area contributed by atoms with E-state index in [9.17, 15) is 39.6 Å². The van der Waals surface area contributed by atoms with Crippen molar-refractivity contribution in [2.24, 2.45) is 0 Å². The van der Waals surface area contributed by atoms with E-state index in [1.165, 1.54) is 111 Å². The van der Waals surface area contributed by atoms with Crippen molar-refractivity contribution in [2.75, 3.05) is 4.90 Å². The molecule has 4 N–H and O–H groups in total. The van der Waals surface area contributed by atoms with Gasteiger partial charge in [0, 0.05) is 22.5 Å². The van der Waals surface area contributed by atoms with E-state index in [0.29, 0.717) is 22.3 Å². The number of carboxylic acids is 4. The van der Waals surface area contributed by atoms with Gasteiger partial charge in [0.15, 0.2) is 0 Å². The Morgan fingerprint density at radius 2 is 0.633 bits per heavy atom. The summed E-state index contributed by atoms with van der Waals surface area (Å²) in [6, 6.07) is 61.5. The number of fused-ring (bicyclic) bond motifs is 3. The highest BCUT2D eigenvalue weighted by atomic mass is 16.4. The molecule has 0 heterocycles. The maximum absolute atomic E-state index is 11.8. The van der Waals surface area contributed by atoms with Crippen molar-refractivity contribution >= 4 is 88.5 Å². The van der Waals surface area contributed by atoms with Gasteiger partial charge in [-0.3, -0.25) is 19.2 Å². The summed E-state index contributed by atoms with van der Waals surface area (Å²) >= 11 is 0. The molecule has 1 aliphatic carbocycles. The van der Waals surface area contributed by atoms with Crippen LogP contribution in [-0.4, -0.2) is 44.3 Å². The summed E-state index contributed by atoms with van der Waals surface area (Å²) in [4.78, 5) is 62.1. The molecule has 0 radical (unpaired) electrons. The SMILES string of the molecule is [C-]#[N+]/C(=C\c1ccc(C(=Cc2ccc(N(c3ccc(C=C(c4ccc(/C=C(\[N+]#[C-])C(=O)O)cc4)c4ccc(/C=C(\[N+]#[C-])C(=O)O)cc4)cc3)c3ccc4c(c3)C(CCCCCCCC)(CCCCCCCC)c3ccccc3-4)cc2)c2ccc(/C=C(\[N+]#[C-])C(=O)O)cc2)cc1)C(=O)O. The highest BCUT2D eigenvalue weighted by Gasteiger charge is 2.42. The zero-order chi connectivity index (χ0) is 69.6. The Labute approximate surface area is 573 Å². The van der Waals surface area contributed by atoms with Crippen LogP contribution in [0.3, 0.4) is 0 Å². The fourth-order valence-electron chi connectivity index (χ4n) is 12.8. The van der Waals surface area contributed by atoms with Crippen molar-refractivity contribution in [1.29, 1.82) is 0 Å². The molecule has 0 atom stereocenters. The summed E-state index contributed by atoms with van der Waals surface area (Å²) in [5.74, 6) is -5.30. The number of hydrogen-bond donors (Lipinski definition) is 4. The summed E-state index contributed by atoms with van der Waals surface area (Å²) in [7, 11) is 0. The van der Waals surface area contributed by atoms with Gasteiger partial charge in [0.05, 0.1) is 26.3 Å². The Morgan fingerprint density at radius 3 is 0.959 bits per heavy atom. The maximum atomic E-state index is 11.8. The van der Waals surface area contributed by atoms with E-state index in [1.807, 2.05) is 60.7 Å². The number of anilines is 3. The first-order valence-corrected chi connectivity index (χ1v) is 33.0. The number of unbranched alkanes of at least 4 members (excludes halogenated alkanes) is 10. The van der Waals surface area contributed by atoms with Gasteiger partial charge < -0.3 is 25.3 Å². The zero-order valence-electron chi connectivity index (χ0n) is 54.9. The van der Waals surface area contributed by atoms with Crippen LogP contribution in [0.25, 0.3) is 78.1 Å². The molecule has 13 nitrogen and oxygen atoms in total. The van der Waals surface area contributed by atoms with Crippen molar-refractivity contribution in [3.05, 3.63) is 323 Å². The largest absolute Gasteiger partial charge is 0.486 e. The molecule has 0 saturated heterocycles. The van der Waals surface area contributed by atoms with Gasteiger partial charge in [-0.05, 0) is 175 Å². The lowest BCUT2D eigenvalue weighted by molar-refractivity contribution is -0.133. The van der Waals surface area contributed by atoms with Gasteiger partial charge in [-0.2, -0.15) is 0 Å². The molecule has 9 rings (SSSR count). The van der Waals surface area contributed by atoms with Crippen LogP contribution in [0, 0.1) is 26.3 Å². The first-order valence-electron chi connectivity index (χ1n) is 33.0. The van der Waals surface area contributed by atoms with E-state index in [2.05, 4.69) is 129 Å². The molecule has 13 heteroatoms. The number of benzene rings is 8. The number of carboxylic acid groups (broad SMARTS) is 4. The van der Waals surface area contributed by atoms with Crippen molar-refractivity contribution in [1.82, 2.24) is 0 Å². The minimum absolute atomic E-state index is 0.207. The average Bonchev–Trinajstić information content (AvgIpc) is 1.56. The van der Waals surface area contributed by atoms with Crippen LogP contribution >= 0.6 is 0 Å². The second kappa shape index (κ2) is 33.8. The first-order chi connectivity index (χ1) is 47.6. The van der Waals surface area contributed by atoms with Crippen LogP contribution in [0.2, 0.25) is 0 Å². The molecule has 8 aromatic rings. The molecular weight excluding hydrogens is 1220 g/mol. The highest BCUT2D eigenvalue weighted by Crippen LogP contribution is 2.56. The number of rotatable bonds is 31. The minimum atomic E-state index is -1.33. The van der Waals surface area contributed by atoms with Crippen molar-refractivity contribution in [3.63, 3.8) is 0 Å². The lowest BCUT2D eigenvalue weighted by Gasteiger charge is -2.34. The summed E-state index contributed by atoms with van der Waals surface area (Å²) < 4.78 is 0. The highest BCUT2D eigenvalue weighted by molar-refractivity contribution is 5.99. The summed E-state index contributed by atoms with van der Waals surface area (Å²) in [6.45, 7) is 34.1. The Hall–Kier alpha value is -12.2. The van der Waals surface area contributed by atoms with Gasteiger partial charge in [0.1, 0.15) is 0 Å². The van der Waals surface area contributed by atoms with E-state index in [-0.39, 0.29) is 5.41 Å². The molecule has 98 heavy (non-hydrogen) atoms. The van der Waals surface area contributed by atoms with Crippen LogP contribution < -0.4 is 4.90 Å². The fraction of sp³-hybridized carbons (Fsp3) is 0.200. The third kappa shape index (κ3) is 17.4. The predicted molar refractivity (Wildman–Crippen MR) is 392 cm³/mol. The smallest absolute Gasteiger partial charge is 0.333 e. The molecule has 0 bridgehead atoms. The second-order valence-corrected chi connectivity index (χ2v) is 24.3. The third-order valence-corrected chi connectivity index (χ3v) is 17.8. The lowest BCUT2D eigenvalue weighted by Crippen LogP contribution is -2.26. The molecular formula is C85H75N5O8. The van der Waals surface area contributed by atoms with E-state index >= 15 is 0 Å². The molecule has 0 amide bonds. The average molecular weight is 1290 g/mol. The number of hydrogen-bond acceptors (Lipinski definition) is 5. The van der Waals surface area contributed by atoms with Gasteiger partial charge in [-0.15, -0.1) is 0 Å². The molecule has 488 valence electrons. The monoisotopic (exact) mass is 1290 g/mol.